The van der Waals surface area contributed by atoms with E-state index < -0.39 is 6.10 Å². The number of para-hydroxylation sites is 1. The molecule has 3 heterocycles. The van der Waals surface area contributed by atoms with Crippen LogP contribution in [0.1, 0.15) is 36.1 Å². The van der Waals surface area contributed by atoms with Crippen molar-refractivity contribution in [1.29, 1.82) is 0 Å². The second-order valence-corrected chi connectivity index (χ2v) is 6.55. The Kier molecular flexibility index (Phi) is 3.83. The summed E-state index contributed by atoms with van der Waals surface area (Å²) in [5.41, 5.74) is 2.23. The molecule has 2 aromatic rings. The van der Waals surface area contributed by atoms with Crippen LogP contribution in [0.4, 0.5) is 0 Å². The number of likely N-dealkylation sites (tertiary alicyclic amines) is 1. The third kappa shape index (κ3) is 2.64. The van der Waals surface area contributed by atoms with E-state index in [0.717, 1.165) is 37.2 Å². The molecule has 0 amide bonds. The Morgan fingerprint density at radius 3 is 2.70 bits per heavy atom. The second kappa shape index (κ2) is 5.98. The zero-order valence-electron chi connectivity index (χ0n) is 13.4. The molecule has 0 spiro atoms. The van der Waals surface area contributed by atoms with Crippen molar-refractivity contribution in [2.24, 2.45) is 7.05 Å². The lowest BCUT2D eigenvalue weighted by Crippen LogP contribution is -2.49. The third-order valence-corrected chi connectivity index (χ3v) is 5.29. The molecule has 122 valence electrons. The molecule has 0 unspecified atom stereocenters. The highest BCUT2D eigenvalue weighted by Crippen LogP contribution is 2.36. The molecule has 0 aliphatic carbocycles. The largest absolute Gasteiger partial charge is 0.491 e. The Morgan fingerprint density at radius 1 is 1.17 bits per heavy atom. The van der Waals surface area contributed by atoms with Gasteiger partial charge in [0.1, 0.15) is 18.5 Å². The fraction of sp³-hybridized carbons (Fsp3) is 0.500. The van der Waals surface area contributed by atoms with Gasteiger partial charge in [-0.05, 0) is 38.1 Å². The van der Waals surface area contributed by atoms with Crippen molar-refractivity contribution in [3.05, 3.63) is 47.8 Å². The van der Waals surface area contributed by atoms with Crippen LogP contribution >= 0.6 is 0 Å². The average Bonchev–Trinajstić information content (AvgIpc) is 3.02. The number of benzene rings is 1. The number of aliphatic hydroxyl groups is 1. The van der Waals surface area contributed by atoms with Gasteiger partial charge in [-0.3, -0.25) is 9.58 Å². The zero-order chi connectivity index (χ0) is 15.8. The first-order chi connectivity index (χ1) is 11.2. The van der Waals surface area contributed by atoms with Gasteiger partial charge in [0.2, 0.25) is 0 Å². The van der Waals surface area contributed by atoms with Crippen molar-refractivity contribution < 1.29 is 9.84 Å². The number of rotatable bonds is 2. The Bertz CT molecular complexity index is 676. The lowest BCUT2D eigenvalue weighted by Gasteiger charge is -2.41. The first-order valence-corrected chi connectivity index (χ1v) is 8.36. The van der Waals surface area contributed by atoms with E-state index in [4.69, 9.17) is 4.74 Å². The van der Waals surface area contributed by atoms with Crippen LogP contribution in [0.25, 0.3) is 0 Å². The first-order valence-electron chi connectivity index (χ1n) is 8.36. The van der Waals surface area contributed by atoms with Crippen LogP contribution in [0.5, 0.6) is 5.75 Å². The SMILES string of the molecule is Cn1nccc1C1CCN([C@H]2COc3ccccc3[C@@H]2O)CC1. The first kappa shape index (κ1) is 14.7. The fourth-order valence-corrected chi connectivity index (χ4v) is 3.95. The summed E-state index contributed by atoms with van der Waals surface area (Å²) in [6.45, 7) is 2.54. The van der Waals surface area contributed by atoms with Crippen LogP contribution in [0.3, 0.4) is 0 Å². The van der Waals surface area contributed by atoms with Crippen molar-refractivity contribution in [2.75, 3.05) is 19.7 Å². The molecule has 0 bridgehead atoms. The molecule has 0 saturated carbocycles. The summed E-state index contributed by atoms with van der Waals surface area (Å²) in [4.78, 5) is 2.38. The lowest BCUT2D eigenvalue weighted by molar-refractivity contribution is -0.00695. The van der Waals surface area contributed by atoms with Crippen LogP contribution in [-0.4, -0.2) is 45.5 Å². The van der Waals surface area contributed by atoms with Gasteiger partial charge in [-0.2, -0.15) is 5.10 Å². The molecule has 0 radical (unpaired) electrons. The number of piperidine rings is 1. The number of aromatic nitrogens is 2. The molecule has 5 nitrogen and oxygen atoms in total. The molecule has 23 heavy (non-hydrogen) atoms. The van der Waals surface area contributed by atoms with Gasteiger partial charge < -0.3 is 9.84 Å². The second-order valence-electron chi connectivity index (χ2n) is 6.55. The van der Waals surface area contributed by atoms with Gasteiger partial charge in [-0.15, -0.1) is 0 Å². The van der Waals surface area contributed by atoms with E-state index in [-0.39, 0.29) is 6.04 Å². The third-order valence-electron chi connectivity index (χ3n) is 5.29. The number of hydrogen-bond donors (Lipinski definition) is 1. The van der Waals surface area contributed by atoms with E-state index in [1.165, 1.54) is 5.69 Å². The van der Waals surface area contributed by atoms with Crippen LogP contribution in [-0.2, 0) is 7.05 Å². The van der Waals surface area contributed by atoms with Gasteiger partial charge in [0.25, 0.3) is 0 Å². The Morgan fingerprint density at radius 2 is 1.96 bits per heavy atom. The van der Waals surface area contributed by atoms with E-state index in [1.807, 2.05) is 42.2 Å². The molecule has 1 aromatic carbocycles. The monoisotopic (exact) mass is 313 g/mol. The molecular weight excluding hydrogens is 290 g/mol. The highest BCUT2D eigenvalue weighted by Gasteiger charge is 2.35. The van der Waals surface area contributed by atoms with Crippen LogP contribution < -0.4 is 4.74 Å². The summed E-state index contributed by atoms with van der Waals surface area (Å²) in [6, 6.07) is 9.98. The van der Waals surface area contributed by atoms with Gasteiger partial charge in [-0.1, -0.05) is 18.2 Å². The molecule has 2 aliphatic heterocycles. The smallest absolute Gasteiger partial charge is 0.125 e. The minimum atomic E-state index is -0.465. The minimum Gasteiger partial charge on any atom is -0.491 e. The number of ether oxygens (including phenoxy) is 1. The van der Waals surface area contributed by atoms with Gasteiger partial charge in [0, 0.05) is 30.4 Å². The van der Waals surface area contributed by atoms with Crippen molar-refractivity contribution in [3.8, 4) is 5.75 Å². The number of aliphatic hydroxyl groups excluding tert-OH is 1. The summed E-state index contributed by atoms with van der Waals surface area (Å²) in [7, 11) is 2.01. The summed E-state index contributed by atoms with van der Waals surface area (Å²) in [5.74, 6) is 1.38. The van der Waals surface area contributed by atoms with E-state index in [1.54, 1.807) is 0 Å². The van der Waals surface area contributed by atoms with E-state index >= 15 is 0 Å². The van der Waals surface area contributed by atoms with Crippen molar-refractivity contribution >= 4 is 0 Å². The molecule has 4 rings (SSSR count). The fourth-order valence-electron chi connectivity index (χ4n) is 3.95. The van der Waals surface area contributed by atoms with Gasteiger partial charge in [-0.25, -0.2) is 0 Å². The highest BCUT2D eigenvalue weighted by atomic mass is 16.5. The summed E-state index contributed by atoms with van der Waals surface area (Å²) in [5, 5.41) is 15.0. The molecule has 5 heteroatoms. The Hall–Kier alpha value is -1.85. The normalized spacial score (nSPS) is 25.8. The molecule has 2 atom stereocenters. The molecule has 1 aromatic heterocycles. The molecule has 1 N–H and O–H groups in total. The Balaban J connectivity index is 1.44. The van der Waals surface area contributed by atoms with Gasteiger partial charge in [0.15, 0.2) is 0 Å². The maximum atomic E-state index is 10.7. The van der Waals surface area contributed by atoms with Crippen LogP contribution in [0.15, 0.2) is 36.5 Å². The van der Waals surface area contributed by atoms with Crippen molar-refractivity contribution in [3.63, 3.8) is 0 Å². The lowest BCUT2D eigenvalue weighted by atomic mass is 9.90. The summed E-state index contributed by atoms with van der Waals surface area (Å²) < 4.78 is 7.84. The maximum absolute atomic E-state index is 10.7. The topological polar surface area (TPSA) is 50.5 Å². The average molecular weight is 313 g/mol. The number of hydrogen-bond acceptors (Lipinski definition) is 4. The summed E-state index contributed by atoms with van der Waals surface area (Å²) >= 11 is 0. The predicted octanol–water partition coefficient (Wildman–Crippen LogP) is 2.09. The number of fused-ring (bicyclic) bond motifs is 1. The van der Waals surface area contributed by atoms with Crippen molar-refractivity contribution in [2.45, 2.75) is 30.9 Å². The van der Waals surface area contributed by atoms with Crippen LogP contribution in [0, 0.1) is 0 Å². The molecule has 1 saturated heterocycles. The predicted molar refractivity (Wildman–Crippen MR) is 87.4 cm³/mol. The standard InChI is InChI=1S/C18H23N3O2/c1-20-15(6-9-19-20)13-7-10-21(11-8-13)16-12-23-17-5-3-2-4-14(17)18(16)22/h2-6,9,13,16,18,22H,7-8,10-12H2,1H3/t16-,18-/m0/s1. The quantitative estimate of drug-likeness (QED) is 0.922. The highest BCUT2D eigenvalue weighted by molar-refractivity contribution is 5.37. The molecule has 1 fully saturated rings. The van der Waals surface area contributed by atoms with E-state index in [2.05, 4.69) is 16.1 Å². The summed E-state index contributed by atoms with van der Waals surface area (Å²) in [6.07, 6.45) is 3.61. The molecular formula is C18H23N3O2. The van der Waals surface area contributed by atoms with Gasteiger partial charge in [0.05, 0.1) is 6.04 Å². The number of nitrogens with zero attached hydrogens (tertiary/aromatic N) is 3. The van der Waals surface area contributed by atoms with E-state index in [9.17, 15) is 5.11 Å². The number of aryl methyl sites for hydroxylation is 1. The van der Waals surface area contributed by atoms with E-state index in [0.29, 0.717) is 12.5 Å². The van der Waals surface area contributed by atoms with Gasteiger partial charge >= 0.3 is 0 Å². The van der Waals surface area contributed by atoms with Crippen LogP contribution in [0.2, 0.25) is 0 Å². The zero-order valence-corrected chi connectivity index (χ0v) is 13.4. The molecule has 2 aliphatic rings. The van der Waals surface area contributed by atoms with Crippen molar-refractivity contribution in [1.82, 2.24) is 14.7 Å². The Labute approximate surface area is 136 Å². The minimum absolute atomic E-state index is 0.0531. The maximum Gasteiger partial charge on any atom is 0.125 e.